The second kappa shape index (κ2) is 8.94. The highest BCUT2D eigenvalue weighted by molar-refractivity contribution is 6.55. The molecule has 0 radical (unpaired) electrons. The molecule has 1 heterocycles. The van der Waals surface area contributed by atoms with Crippen LogP contribution in [0.25, 0.3) is 0 Å². The molecule has 2 aromatic carbocycles. The van der Waals surface area contributed by atoms with Crippen LogP contribution >= 0.6 is 46.4 Å². The predicted octanol–water partition coefficient (Wildman–Crippen LogP) is 4.46. The third kappa shape index (κ3) is 4.18. The van der Waals surface area contributed by atoms with Crippen molar-refractivity contribution in [3.05, 3.63) is 66.6 Å². The number of nitrogens with one attached hydrogen (secondary N) is 1. The molecule has 0 saturated heterocycles. The average molecular weight is 488 g/mol. The van der Waals surface area contributed by atoms with Crippen LogP contribution in [0.3, 0.4) is 0 Å². The summed E-state index contributed by atoms with van der Waals surface area (Å²) in [5, 5.41) is 2.06. The Labute approximate surface area is 192 Å². The Morgan fingerprint density at radius 1 is 0.867 bits per heavy atom. The lowest BCUT2D eigenvalue weighted by molar-refractivity contribution is -0.118. The zero-order valence-corrected chi connectivity index (χ0v) is 18.5. The van der Waals surface area contributed by atoms with Gasteiger partial charge in [0, 0.05) is 19.0 Å². The maximum absolute atomic E-state index is 12.7. The van der Waals surface area contributed by atoms with Crippen molar-refractivity contribution in [3.63, 3.8) is 0 Å². The summed E-state index contributed by atoms with van der Waals surface area (Å²) in [7, 11) is 0. The van der Waals surface area contributed by atoms with Crippen LogP contribution in [-0.2, 0) is 11.2 Å². The van der Waals surface area contributed by atoms with Crippen molar-refractivity contribution >= 4 is 69.9 Å². The van der Waals surface area contributed by atoms with Gasteiger partial charge in [-0.25, -0.2) is 0 Å². The number of carbonyl (C=O) groups excluding carboxylic acids is 4. The molecule has 0 saturated carbocycles. The summed E-state index contributed by atoms with van der Waals surface area (Å²) in [6.45, 7) is 1.42. The van der Waals surface area contributed by atoms with Gasteiger partial charge in [-0.2, -0.15) is 0 Å². The molecule has 3 amide bonds. The van der Waals surface area contributed by atoms with Gasteiger partial charge < -0.3 is 5.32 Å². The first-order valence-electron chi connectivity index (χ1n) is 8.72. The number of rotatable bonds is 6. The lowest BCUT2D eigenvalue weighted by Gasteiger charge is -2.13. The van der Waals surface area contributed by atoms with Gasteiger partial charge >= 0.3 is 0 Å². The van der Waals surface area contributed by atoms with E-state index in [9.17, 15) is 19.2 Å². The van der Waals surface area contributed by atoms with Crippen LogP contribution in [0.15, 0.2) is 24.3 Å². The minimum absolute atomic E-state index is 0.120. The molecule has 0 atom stereocenters. The third-order valence-electron chi connectivity index (χ3n) is 4.55. The van der Waals surface area contributed by atoms with E-state index in [4.69, 9.17) is 46.4 Å². The van der Waals surface area contributed by atoms with Gasteiger partial charge in [-0.05, 0) is 12.0 Å². The molecule has 2 aromatic rings. The topological polar surface area (TPSA) is 83.6 Å². The first-order chi connectivity index (χ1) is 14.1. The van der Waals surface area contributed by atoms with E-state index in [-0.39, 0.29) is 37.1 Å². The fraction of sp³-hybridized carbons (Fsp3) is 0.200. The molecule has 0 bridgehead atoms. The van der Waals surface area contributed by atoms with E-state index in [1.807, 2.05) is 0 Å². The Morgan fingerprint density at radius 2 is 1.37 bits per heavy atom. The van der Waals surface area contributed by atoms with Crippen molar-refractivity contribution in [2.24, 2.45) is 0 Å². The van der Waals surface area contributed by atoms with Crippen LogP contribution in [0, 0.1) is 0 Å². The van der Waals surface area contributed by atoms with Crippen molar-refractivity contribution in [2.75, 3.05) is 13.1 Å². The number of nitrogens with zero attached hydrogens (tertiary/aromatic N) is 1. The number of fused-ring (bicyclic) bond motifs is 1. The Balaban J connectivity index is 1.77. The molecular weight excluding hydrogens is 474 g/mol. The maximum Gasteiger partial charge on any atom is 0.263 e. The van der Waals surface area contributed by atoms with E-state index >= 15 is 0 Å². The number of ketones is 1. The first-order valence-corrected chi connectivity index (χ1v) is 10.2. The highest BCUT2D eigenvalue weighted by Gasteiger charge is 2.42. The van der Waals surface area contributed by atoms with E-state index < -0.39 is 24.1 Å². The smallest absolute Gasteiger partial charge is 0.263 e. The Kier molecular flexibility index (Phi) is 6.72. The van der Waals surface area contributed by atoms with Gasteiger partial charge in [-0.1, -0.05) is 70.7 Å². The maximum atomic E-state index is 12.7. The quantitative estimate of drug-likeness (QED) is 0.282. The molecule has 0 aliphatic carbocycles. The Hall–Kier alpha value is -2.12. The second-order valence-corrected chi connectivity index (χ2v) is 8.07. The highest BCUT2D eigenvalue weighted by atomic mass is 35.5. The molecule has 0 fully saturated rings. The summed E-state index contributed by atoms with van der Waals surface area (Å²) in [6.07, 6.45) is 0.602. The van der Waals surface area contributed by atoms with Crippen LogP contribution in [0.5, 0.6) is 0 Å². The number of benzene rings is 2. The Morgan fingerprint density at radius 3 is 1.83 bits per heavy atom. The molecule has 3 rings (SSSR count). The van der Waals surface area contributed by atoms with Crippen molar-refractivity contribution in [1.29, 1.82) is 0 Å². The highest BCUT2D eigenvalue weighted by Crippen LogP contribution is 2.44. The summed E-state index contributed by atoms with van der Waals surface area (Å²) in [6, 6.07) is 6.67. The second-order valence-electron chi connectivity index (χ2n) is 6.56. The van der Waals surface area contributed by atoms with E-state index in [2.05, 4.69) is 5.32 Å². The number of imide groups is 1. The molecule has 0 aromatic heterocycles. The third-order valence-corrected chi connectivity index (χ3v) is 6.35. The molecule has 156 valence electrons. The summed E-state index contributed by atoms with van der Waals surface area (Å²) < 4.78 is 0. The van der Waals surface area contributed by atoms with Gasteiger partial charge in [0.1, 0.15) is 0 Å². The largest absolute Gasteiger partial charge is 0.356 e. The molecule has 0 unspecified atom stereocenters. The summed E-state index contributed by atoms with van der Waals surface area (Å²) in [5.74, 6) is -2.09. The molecule has 1 aliphatic heterocycles. The van der Waals surface area contributed by atoms with Crippen LogP contribution < -0.4 is 5.32 Å². The van der Waals surface area contributed by atoms with Crippen molar-refractivity contribution in [1.82, 2.24) is 10.2 Å². The number of Topliss-reactive ketones (excluding diaryl/α,β-unsaturated/α-hetero) is 1. The van der Waals surface area contributed by atoms with E-state index in [1.165, 1.54) is 6.92 Å². The number of halogens is 4. The minimum atomic E-state index is -0.763. The van der Waals surface area contributed by atoms with Crippen molar-refractivity contribution < 1.29 is 19.2 Å². The van der Waals surface area contributed by atoms with Gasteiger partial charge in [-0.15, -0.1) is 0 Å². The van der Waals surface area contributed by atoms with Gasteiger partial charge in [0.25, 0.3) is 11.8 Å². The molecule has 30 heavy (non-hydrogen) atoms. The first kappa shape index (κ1) is 22.6. The molecular formula is C20H14Cl4N2O4. The summed E-state index contributed by atoms with van der Waals surface area (Å²) in [4.78, 5) is 49.7. The van der Waals surface area contributed by atoms with Gasteiger partial charge in [0.05, 0.1) is 37.8 Å². The van der Waals surface area contributed by atoms with Crippen LogP contribution in [-0.4, -0.2) is 41.5 Å². The molecule has 1 aliphatic rings. The normalized spacial score (nSPS) is 12.9. The monoisotopic (exact) mass is 486 g/mol. The van der Waals surface area contributed by atoms with E-state index in [0.717, 1.165) is 10.5 Å². The summed E-state index contributed by atoms with van der Waals surface area (Å²) in [5.41, 5.74) is 0.913. The molecule has 0 spiro atoms. The lowest BCUT2D eigenvalue weighted by atomic mass is 10.1. The number of hydrogen-bond donors (Lipinski definition) is 1. The number of carbonyl (C=O) groups is 4. The fourth-order valence-electron chi connectivity index (χ4n) is 3.01. The molecule has 1 N–H and O–H groups in total. The molecule has 6 nitrogen and oxygen atoms in total. The zero-order chi connectivity index (χ0) is 22.2. The van der Waals surface area contributed by atoms with Crippen LogP contribution in [0.4, 0.5) is 0 Å². The average Bonchev–Trinajstić information content (AvgIpc) is 2.95. The standard InChI is InChI=1S/C20H14Cl4N2O4/c1-9(27)25-7-6-10-2-4-11(5-3-10)12(28)8-26-19(29)13-14(20(26)30)16(22)18(24)17(23)15(13)21/h2-5H,6-8H2,1H3,(H,25,27). The van der Waals surface area contributed by atoms with E-state index in [0.29, 0.717) is 18.5 Å². The predicted molar refractivity (Wildman–Crippen MR) is 115 cm³/mol. The van der Waals surface area contributed by atoms with Gasteiger partial charge in [0.15, 0.2) is 5.78 Å². The van der Waals surface area contributed by atoms with E-state index in [1.54, 1.807) is 24.3 Å². The number of amides is 3. The molecule has 10 heteroatoms. The Bertz CT molecular complexity index is 1040. The zero-order valence-electron chi connectivity index (χ0n) is 15.5. The minimum Gasteiger partial charge on any atom is -0.356 e. The summed E-state index contributed by atoms with van der Waals surface area (Å²) >= 11 is 24.1. The SMILES string of the molecule is CC(=O)NCCc1ccc(C(=O)CN2C(=O)c3c(Cl)c(Cl)c(Cl)c(Cl)c3C2=O)cc1. The van der Waals surface area contributed by atoms with Crippen LogP contribution in [0.2, 0.25) is 20.1 Å². The van der Waals surface area contributed by atoms with Gasteiger partial charge in [-0.3, -0.25) is 24.1 Å². The lowest BCUT2D eigenvalue weighted by Crippen LogP contribution is -2.35. The van der Waals surface area contributed by atoms with Crippen LogP contribution in [0.1, 0.15) is 43.6 Å². The van der Waals surface area contributed by atoms with Crippen molar-refractivity contribution in [2.45, 2.75) is 13.3 Å². The van der Waals surface area contributed by atoms with Crippen molar-refractivity contribution in [3.8, 4) is 0 Å². The fourth-order valence-corrected chi connectivity index (χ4v) is 4.03. The number of hydrogen-bond acceptors (Lipinski definition) is 4. The van der Waals surface area contributed by atoms with Gasteiger partial charge in [0.2, 0.25) is 5.91 Å².